The van der Waals surface area contributed by atoms with Gasteiger partial charge in [0.1, 0.15) is 5.84 Å². The maximum absolute atomic E-state index is 13.0. The van der Waals surface area contributed by atoms with Crippen LogP contribution in [0.15, 0.2) is 33.1 Å². The molecular formula is C16H18F3N3S. The number of hydrogen-bond donors (Lipinski definition) is 0. The summed E-state index contributed by atoms with van der Waals surface area (Å²) in [6, 6.07) is 3.88. The maximum atomic E-state index is 13.0. The van der Waals surface area contributed by atoms with E-state index in [1.807, 2.05) is 4.90 Å². The molecule has 0 saturated carbocycles. The molecule has 7 heteroatoms. The number of benzene rings is 1. The van der Waals surface area contributed by atoms with Crippen molar-refractivity contribution in [2.75, 3.05) is 19.6 Å². The van der Waals surface area contributed by atoms with Gasteiger partial charge in [-0.25, -0.2) is 0 Å². The number of thioether (sulfide) groups is 1. The van der Waals surface area contributed by atoms with Crippen molar-refractivity contribution in [1.29, 1.82) is 0 Å². The fraction of sp³-hybridized carbons (Fsp3) is 0.500. The van der Waals surface area contributed by atoms with Crippen LogP contribution in [-0.2, 0) is 6.18 Å². The van der Waals surface area contributed by atoms with Gasteiger partial charge in [-0.1, -0.05) is 25.1 Å². The standard InChI is InChI=1S/C16H18F3N3S/c1-2-3-7-21-15-22-9-4-8-20-14(22)12-6-5-11(16(17,18)19)10-13(12)23-15/h5-6,10H,2-4,7-9H2,1H3. The number of rotatable bonds is 3. The summed E-state index contributed by atoms with van der Waals surface area (Å²) in [6.45, 7) is 4.31. The zero-order chi connectivity index (χ0) is 16.4. The van der Waals surface area contributed by atoms with Crippen LogP contribution in [0.5, 0.6) is 0 Å². The van der Waals surface area contributed by atoms with Crippen molar-refractivity contribution in [3.63, 3.8) is 0 Å². The molecule has 23 heavy (non-hydrogen) atoms. The van der Waals surface area contributed by atoms with Crippen LogP contribution in [0.25, 0.3) is 0 Å². The van der Waals surface area contributed by atoms with E-state index in [9.17, 15) is 13.2 Å². The Bertz CT molecular complexity index is 652. The van der Waals surface area contributed by atoms with Gasteiger partial charge in [-0.3, -0.25) is 9.98 Å². The van der Waals surface area contributed by atoms with Crippen molar-refractivity contribution >= 4 is 22.8 Å². The lowest BCUT2D eigenvalue weighted by atomic mass is 10.1. The summed E-state index contributed by atoms with van der Waals surface area (Å²) in [5.74, 6) is 0.758. The van der Waals surface area contributed by atoms with Gasteiger partial charge in [0.2, 0.25) is 0 Å². The van der Waals surface area contributed by atoms with Crippen molar-refractivity contribution in [3.05, 3.63) is 29.3 Å². The lowest BCUT2D eigenvalue weighted by molar-refractivity contribution is -0.137. The molecule has 1 aromatic rings. The minimum absolute atomic E-state index is 0.590. The number of unbranched alkanes of at least 4 members (excludes halogenated alkanes) is 1. The Morgan fingerprint density at radius 3 is 2.91 bits per heavy atom. The average molecular weight is 341 g/mol. The van der Waals surface area contributed by atoms with Gasteiger partial charge in [0.25, 0.3) is 0 Å². The van der Waals surface area contributed by atoms with Gasteiger partial charge < -0.3 is 4.90 Å². The normalized spacial score (nSPS) is 19.4. The number of alkyl halides is 3. The van der Waals surface area contributed by atoms with E-state index in [2.05, 4.69) is 16.9 Å². The predicted molar refractivity (Wildman–Crippen MR) is 87.2 cm³/mol. The van der Waals surface area contributed by atoms with E-state index < -0.39 is 11.7 Å². The second kappa shape index (κ2) is 6.55. The first kappa shape index (κ1) is 16.4. The third-order valence-corrected chi connectivity index (χ3v) is 4.89. The molecule has 124 valence electrons. The molecule has 0 amide bonds. The van der Waals surface area contributed by atoms with E-state index in [0.29, 0.717) is 18.0 Å². The van der Waals surface area contributed by atoms with Crippen LogP contribution in [0.2, 0.25) is 0 Å². The van der Waals surface area contributed by atoms with Crippen molar-refractivity contribution in [2.24, 2.45) is 9.98 Å². The molecule has 0 aliphatic carbocycles. The van der Waals surface area contributed by atoms with Crippen LogP contribution in [0.4, 0.5) is 13.2 Å². The smallest absolute Gasteiger partial charge is 0.305 e. The van der Waals surface area contributed by atoms with E-state index in [-0.39, 0.29) is 0 Å². The van der Waals surface area contributed by atoms with Crippen LogP contribution in [0, 0.1) is 0 Å². The number of hydrogen-bond acceptors (Lipinski definition) is 3. The van der Waals surface area contributed by atoms with Crippen LogP contribution in [-0.4, -0.2) is 35.5 Å². The second-order valence-electron chi connectivity index (χ2n) is 5.54. The SMILES string of the molecule is CCCCN=C1Sc2cc(C(F)(F)F)ccc2C2=NCCCN12. The van der Waals surface area contributed by atoms with E-state index >= 15 is 0 Å². The molecule has 1 aromatic carbocycles. The average Bonchev–Trinajstić information content (AvgIpc) is 2.54. The summed E-state index contributed by atoms with van der Waals surface area (Å²) in [7, 11) is 0. The molecule has 0 aromatic heterocycles. The molecule has 0 N–H and O–H groups in total. The monoisotopic (exact) mass is 341 g/mol. The number of aliphatic imine (C=N–C) groups is 2. The lowest BCUT2D eigenvalue weighted by Gasteiger charge is -2.35. The zero-order valence-corrected chi connectivity index (χ0v) is 13.7. The summed E-state index contributed by atoms with van der Waals surface area (Å²) in [6.07, 6.45) is -1.38. The molecule has 0 bridgehead atoms. The maximum Gasteiger partial charge on any atom is 0.416 e. The first-order chi connectivity index (χ1) is 11.0. The van der Waals surface area contributed by atoms with E-state index in [1.165, 1.54) is 23.9 Å². The minimum atomic E-state index is -4.33. The van der Waals surface area contributed by atoms with Gasteiger partial charge in [0.05, 0.1) is 5.56 Å². The Morgan fingerprint density at radius 2 is 2.17 bits per heavy atom. The predicted octanol–water partition coefficient (Wildman–Crippen LogP) is 4.42. The first-order valence-corrected chi connectivity index (χ1v) is 8.58. The molecule has 2 heterocycles. The van der Waals surface area contributed by atoms with Gasteiger partial charge in [0, 0.05) is 30.1 Å². The summed E-state index contributed by atoms with van der Waals surface area (Å²) < 4.78 is 38.9. The van der Waals surface area contributed by atoms with Crippen molar-refractivity contribution in [3.8, 4) is 0 Å². The van der Waals surface area contributed by atoms with Crippen molar-refractivity contribution in [1.82, 2.24) is 4.90 Å². The van der Waals surface area contributed by atoms with Gasteiger partial charge in [-0.2, -0.15) is 13.2 Å². The van der Waals surface area contributed by atoms with Crippen LogP contribution in [0.1, 0.15) is 37.3 Å². The summed E-state index contributed by atoms with van der Waals surface area (Å²) in [5, 5.41) is 0.767. The van der Waals surface area contributed by atoms with Crippen molar-refractivity contribution < 1.29 is 13.2 Å². The zero-order valence-electron chi connectivity index (χ0n) is 12.9. The topological polar surface area (TPSA) is 28.0 Å². The van der Waals surface area contributed by atoms with Crippen LogP contribution >= 0.6 is 11.8 Å². The molecule has 0 radical (unpaired) electrons. The highest BCUT2D eigenvalue weighted by molar-refractivity contribution is 8.14. The summed E-state index contributed by atoms with van der Waals surface area (Å²) >= 11 is 1.32. The first-order valence-electron chi connectivity index (χ1n) is 7.76. The van der Waals surface area contributed by atoms with Gasteiger partial charge in [-0.05, 0) is 31.0 Å². The molecule has 0 spiro atoms. The highest BCUT2D eigenvalue weighted by atomic mass is 32.2. The van der Waals surface area contributed by atoms with Gasteiger partial charge in [-0.15, -0.1) is 0 Å². The highest BCUT2D eigenvalue weighted by Crippen LogP contribution is 2.38. The molecule has 2 aliphatic rings. The third-order valence-electron chi connectivity index (χ3n) is 3.80. The number of halogens is 3. The molecule has 0 unspecified atom stereocenters. The summed E-state index contributed by atoms with van der Waals surface area (Å²) in [5.41, 5.74) is 0.152. The molecule has 2 aliphatic heterocycles. The molecule has 0 saturated heterocycles. The van der Waals surface area contributed by atoms with Crippen molar-refractivity contribution in [2.45, 2.75) is 37.3 Å². The number of amidine groups is 2. The lowest BCUT2D eigenvalue weighted by Crippen LogP contribution is -2.42. The molecular weight excluding hydrogens is 323 g/mol. The Kier molecular flexibility index (Phi) is 4.66. The highest BCUT2D eigenvalue weighted by Gasteiger charge is 2.35. The fourth-order valence-corrected chi connectivity index (χ4v) is 3.69. The number of nitrogens with zero attached hydrogens (tertiary/aromatic N) is 3. The Morgan fingerprint density at radius 1 is 1.35 bits per heavy atom. The van der Waals surface area contributed by atoms with Gasteiger partial charge in [0.15, 0.2) is 5.17 Å². The molecule has 0 atom stereocenters. The van der Waals surface area contributed by atoms with Gasteiger partial charge >= 0.3 is 6.18 Å². The van der Waals surface area contributed by atoms with Crippen LogP contribution < -0.4 is 0 Å². The number of fused-ring (bicyclic) bond motifs is 3. The minimum Gasteiger partial charge on any atom is -0.305 e. The Hall–Kier alpha value is -1.50. The third kappa shape index (κ3) is 3.39. The quantitative estimate of drug-likeness (QED) is 0.761. The second-order valence-corrected chi connectivity index (χ2v) is 6.55. The molecule has 3 rings (SSSR count). The van der Waals surface area contributed by atoms with E-state index in [4.69, 9.17) is 0 Å². The van der Waals surface area contributed by atoms with E-state index in [0.717, 1.165) is 48.4 Å². The Labute approximate surface area is 137 Å². The molecule has 3 nitrogen and oxygen atoms in total. The van der Waals surface area contributed by atoms with E-state index in [1.54, 1.807) is 0 Å². The fourth-order valence-electron chi connectivity index (χ4n) is 2.59. The van der Waals surface area contributed by atoms with Crippen LogP contribution in [0.3, 0.4) is 0 Å². The largest absolute Gasteiger partial charge is 0.416 e. The summed E-state index contributed by atoms with van der Waals surface area (Å²) in [4.78, 5) is 11.8. The molecule has 0 fully saturated rings. The Balaban J connectivity index is 2.00.